The minimum Gasteiger partial charge on any atom is -0.463 e. The highest BCUT2D eigenvalue weighted by Gasteiger charge is 2.54. The fourth-order valence-electron chi connectivity index (χ4n) is 10.6. The average molecular weight is 901 g/mol. The summed E-state index contributed by atoms with van der Waals surface area (Å²) in [6.45, 7) is 40.4. The molecule has 0 bridgehead atoms. The Bertz CT molecular complexity index is 1850. The predicted molar refractivity (Wildman–Crippen MR) is 276 cm³/mol. The summed E-state index contributed by atoms with van der Waals surface area (Å²) in [4.78, 5) is 17.0. The molecule has 5 unspecified atom stereocenters. The molecule has 4 nitrogen and oxygen atoms in total. The summed E-state index contributed by atoms with van der Waals surface area (Å²) in [5.74, 6) is 0.876. The number of halogens is 1. The predicted octanol–water partition coefficient (Wildman–Crippen LogP) is 16.5. The molecule has 3 aromatic carbocycles. The second-order valence-electron chi connectivity index (χ2n) is 24.6. The van der Waals surface area contributed by atoms with Crippen LogP contribution in [0.25, 0.3) is 0 Å². The van der Waals surface area contributed by atoms with Crippen LogP contribution in [0.1, 0.15) is 195 Å². The Hall–Kier alpha value is -2.66. The summed E-state index contributed by atoms with van der Waals surface area (Å²) >= 11 is 6.31. The first-order valence-electron chi connectivity index (χ1n) is 24.6. The number of rotatable bonds is 25. The standard InChI is InChI=1S/C59H94ClNO3/c1-20-54(6,7)37-49(47-31-27-43(41-60)28-32-47)57(12,13)56(10,11)39-50(45-25-23-22-24-26-45)58(14,15)59(16,21-2)40-51(52(62)64-36-35-63-19)55(8,9)38-48(53(3,4)5)46-33-29-44(30-34-46)42-61(17)18/h22-34,48-51H,20-21,35-42H2,1-19H3. The Morgan fingerprint density at radius 3 is 1.56 bits per heavy atom. The van der Waals surface area contributed by atoms with Gasteiger partial charge in [-0.15, -0.1) is 11.6 Å². The Balaban J connectivity index is 2.19. The molecule has 0 aliphatic carbocycles. The summed E-state index contributed by atoms with van der Waals surface area (Å²) in [7, 11) is 5.90. The van der Waals surface area contributed by atoms with Gasteiger partial charge in [-0.25, -0.2) is 0 Å². The van der Waals surface area contributed by atoms with Crippen molar-refractivity contribution in [1.29, 1.82) is 0 Å². The van der Waals surface area contributed by atoms with E-state index in [4.69, 9.17) is 21.1 Å². The zero-order chi connectivity index (χ0) is 48.5. The van der Waals surface area contributed by atoms with E-state index in [0.717, 1.165) is 50.6 Å². The van der Waals surface area contributed by atoms with Gasteiger partial charge in [-0.3, -0.25) is 4.79 Å². The molecule has 0 saturated heterocycles. The monoisotopic (exact) mass is 900 g/mol. The lowest BCUT2D eigenvalue weighted by atomic mass is 9.48. The van der Waals surface area contributed by atoms with Crippen LogP contribution in [-0.2, 0) is 26.7 Å². The van der Waals surface area contributed by atoms with Crippen LogP contribution in [0.3, 0.4) is 0 Å². The lowest BCUT2D eigenvalue weighted by molar-refractivity contribution is -0.158. The van der Waals surface area contributed by atoms with Crippen LogP contribution in [0.4, 0.5) is 0 Å². The van der Waals surface area contributed by atoms with Crippen LogP contribution >= 0.6 is 11.6 Å². The van der Waals surface area contributed by atoms with E-state index in [9.17, 15) is 4.79 Å². The fraction of sp³-hybridized carbons (Fsp3) is 0.678. The molecular weight excluding hydrogens is 806 g/mol. The van der Waals surface area contributed by atoms with Crippen LogP contribution in [-0.4, -0.2) is 45.3 Å². The molecule has 0 aliphatic heterocycles. The van der Waals surface area contributed by atoms with Gasteiger partial charge in [0.1, 0.15) is 6.61 Å². The second kappa shape index (κ2) is 22.4. The van der Waals surface area contributed by atoms with Crippen molar-refractivity contribution < 1.29 is 14.3 Å². The van der Waals surface area contributed by atoms with E-state index in [0.29, 0.717) is 18.4 Å². The van der Waals surface area contributed by atoms with E-state index in [1.54, 1.807) is 7.11 Å². The summed E-state index contributed by atoms with van der Waals surface area (Å²) in [6, 6.07) is 29.6. The van der Waals surface area contributed by atoms with Gasteiger partial charge in [-0.05, 0) is 123 Å². The smallest absolute Gasteiger partial charge is 0.309 e. The van der Waals surface area contributed by atoms with E-state index in [1.807, 2.05) is 0 Å². The van der Waals surface area contributed by atoms with Crippen LogP contribution < -0.4 is 0 Å². The van der Waals surface area contributed by atoms with Crippen molar-refractivity contribution in [3.63, 3.8) is 0 Å². The third kappa shape index (κ3) is 13.9. The van der Waals surface area contributed by atoms with Crippen molar-refractivity contribution in [2.45, 2.75) is 179 Å². The molecule has 0 spiro atoms. The largest absolute Gasteiger partial charge is 0.463 e. The number of methoxy groups -OCH3 is 1. The normalized spacial score (nSPS) is 16.3. The molecule has 0 fully saturated rings. The zero-order valence-corrected chi connectivity index (χ0v) is 45.2. The van der Waals surface area contributed by atoms with Crippen molar-refractivity contribution in [3.05, 3.63) is 107 Å². The van der Waals surface area contributed by atoms with E-state index in [-0.39, 0.29) is 68.2 Å². The highest BCUT2D eigenvalue weighted by Crippen LogP contribution is 2.63. The third-order valence-corrected chi connectivity index (χ3v) is 17.4. The molecule has 64 heavy (non-hydrogen) atoms. The third-order valence-electron chi connectivity index (χ3n) is 17.1. The highest BCUT2D eigenvalue weighted by atomic mass is 35.5. The van der Waals surface area contributed by atoms with Crippen molar-refractivity contribution in [2.75, 3.05) is 34.4 Å². The Morgan fingerprint density at radius 2 is 1.09 bits per heavy atom. The number of ether oxygens (including phenoxy) is 2. The molecule has 0 aromatic heterocycles. The molecule has 0 aliphatic rings. The summed E-state index contributed by atoms with van der Waals surface area (Å²) in [5.41, 5.74) is 5.75. The molecule has 0 saturated carbocycles. The van der Waals surface area contributed by atoms with Crippen molar-refractivity contribution in [3.8, 4) is 0 Å². The van der Waals surface area contributed by atoms with Gasteiger partial charge in [0.05, 0.1) is 12.5 Å². The lowest BCUT2D eigenvalue weighted by Crippen LogP contribution is -2.48. The Morgan fingerprint density at radius 1 is 0.594 bits per heavy atom. The van der Waals surface area contributed by atoms with Gasteiger partial charge < -0.3 is 14.4 Å². The highest BCUT2D eigenvalue weighted by molar-refractivity contribution is 6.17. The van der Waals surface area contributed by atoms with Crippen LogP contribution in [0.2, 0.25) is 0 Å². The van der Waals surface area contributed by atoms with Gasteiger partial charge in [0.2, 0.25) is 0 Å². The minimum absolute atomic E-state index is 0.0225. The molecule has 0 heterocycles. The number of alkyl halides is 1. The number of carbonyl (C=O) groups excluding carboxylic acids is 1. The van der Waals surface area contributed by atoms with E-state index in [2.05, 4.69) is 209 Å². The van der Waals surface area contributed by atoms with Crippen LogP contribution in [0.5, 0.6) is 0 Å². The van der Waals surface area contributed by atoms with Gasteiger partial charge in [0.25, 0.3) is 0 Å². The average Bonchev–Trinajstić information content (AvgIpc) is 3.22. The fourth-order valence-corrected chi connectivity index (χ4v) is 10.8. The molecule has 0 amide bonds. The quantitative estimate of drug-likeness (QED) is 0.0482. The lowest BCUT2D eigenvalue weighted by Gasteiger charge is -2.56. The Kier molecular flexibility index (Phi) is 19.5. The first kappa shape index (κ1) is 55.7. The molecule has 5 atom stereocenters. The summed E-state index contributed by atoms with van der Waals surface area (Å²) < 4.78 is 11.6. The maximum absolute atomic E-state index is 14.8. The van der Waals surface area contributed by atoms with E-state index < -0.39 is 0 Å². The maximum Gasteiger partial charge on any atom is 0.309 e. The number of carbonyl (C=O) groups is 1. The molecule has 0 N–H and O–H groups in total. The molecule has 5 heteroatoms. The summed E-state index contributed by atoms with van der Waals surface area (Å²) in [5, 5.41) is 0. The summed E-state index contributed by atoms with van der Waals surface area (Å²) in [6.07, 6.45) is 5.74. The SMILES string of the molecule is CCC(C)(C)CC(c1ccc(CCl)cc1)C(C)(C)C(C)(C)CC(c1ccccc1)C(C)(C)C(C)(CC)CC(C(=O)OCCOC)C(C)(C)CC(c1ccc(CN(C)C)cc1)C(C)(C)C. The molecule has 3 rings (SSSR count). The molecule has 0 radical (unpaired) electrons. The van der Waals surface area contributed by atoms with E-state index in [1.165, 1.54) is 22.3 Å². The first-order valence-corrected chi connectivity index (χ1v) is 25.1. The second-order valence-corrected chi connectivity index (χ2v) is 24.8. The van der Waals surface area contributed by atoms with Crippen LogP contribution in [0.15, 0.2) is 78.9 Å². The van der Waals surface area contributed by atoms with Gasteiger partial charge >= 0.3 is 5.97 Å². The zero-order valence-electron chi connectivity index (χ0n) is 44.4. The molecular formula is C59H94ClNO3. The number of nitrogens with zero attached hydrogens (tertiary/aromatic N) is 1. The minimum atomic E-state index is -0.376. The maximum atomic E-state index is 14.8. The van der Waals surface area contributed by atoms with Gasteiger partial charge in [0.15, 0.2) is 0 Å². The van der Waals surface area contributed by atoms with Crippen molar-refractivity contribution in [2.24, 2.45) is 43.8 Å². The number of esters is 1. The molecule has 3 aromatic rings. The Labute approximate surface area is 399 Å². The van der Waals surface area contributed by atoms with Crippen LogP contribution in [0, 0.1) is 43.8 Å². The van der Waals surface area contributed by atoms with E-state index >= 15 is 0 Å². The number of benzene rings is 3. The van der Waals surface area contributed by atoms with Crippen molar-refractivity contribution in [1.82, 2.24) is 4.90 Å². The topological polar surface area (TPSA) is 38.8 Å². The van der Waals surface area contributed by atoms with Gasteiger partial charge in [-0.1, -0.05) is 202 Å². The van der Waals surface area contributed by atoms with Gasteiger partial charge in [-0.2, -0.15) is 0 Å². The number of hydrogen-bond acceptors (Lipinski definition) is 4. The molecule has 360 valence electrons. The van der Waals surface area contributed by atoms with Gasteiger partial charge in [0, 0.05) is 19.5 Å². The van der Waals surface area contributed by atoms with Crippen molar-refractivity contribution >= 4 is 17.6 Å². The number of hydrogen-bond donors (Lipinski definition) is 0. The first-order chi connectivity index (χ1) is 29.5.